The van der Waals surface area contributed by atoms with Crippen LogP contribution in [0.3, 0.4) is 0 Å². The molecule has 1 unspecified atom stereocenters. The van der Waals surface area contributed by atoms with Crippen molar-refractivity contribution < 1.29 is 9.84 Å². The Morgan fingerprint density at radius 3 is 2.50 bits per heavy atom. The van der Waals surface area contributed by atoms with E-state index in [-0.39, 0.29) is 12.5 Å². The van der Waals surface area contributed by atoms with Crippen molar-refractivity contribution in [3.63, 3.8) is 0 Å². The molecule has 2 heteroatoms. The standard InChI is InChI=1S/C12H18O2/c1-8-5-11(9(2)7-13)6-12(14-4)10(8)3/h5-6,9,13H,7H2,1-4H3. The maximum absolute atomic E-state index is 9.07. The molecule has 1 rings (SSSR count). The lowest BCUT2D eigenvalue weighted by molar-refractivity contribution is 0.272. The Morgan fingerprint density at radius 2 is 2.00 bits per heavy atom. The fourth-order valence-corrected chi connectivity index (χ4v) is 1.46. The summed E-state index contributed by atoms with van der Waals surface area (Å²) in [5.41, 5.74) is 3.51. The van der Waals surface area contributed by atoms with Crippen LogP contribution in [0, 0.1) is 13.8 Å². The predicted molar refractivity (Wildman–Crippen MR) is 58.0 cm³/mol. The van der Waals surface area contributed by atoms with E-state index in [9.17, 15) is 0 Å². The van der Waals surface area contributed by atoms with Gasteiger partial charge in [0.15, 0.2) is 0 Å². The highest BCUT2D eigenvalue weighted by Crippen LogP contribution is 2.27. The number of aryl methyl sites for hydroxylation is 1. The normalized spacial score (nSPS) is 12.6. The molecule has 0 radical (unpaired) electrons. The minimum atomic E-state index is 0.170. The number of benzene rings is 1. The van der Waals surface area contributed by atoms with Gasteiger partial charge in [-0.15, -0.1) is 0 Å². The molecule has 0 amide bonds. The average molecular weight is 194 g/mol. The van der Waals surface area contributed by atoms with Crippen LogP contribution in [0.15, 0.2) is 12.1 Å². The van der Waals surface area contributed by atoms with Crippen molar-refractivity contribution in [2.75, 3.05) is 13.7 Å². The summed E-state index contributed by atoms with van der Waals surface area (Å²) < 4.78 is 5.28. The molecule has 0 spiro atoms. The van der Waals surface area contributed by atoms with Crippen LogP contribution in [0.25, 0.3) is 0 Å². The molecular formula is C12H18O2. The van der Waals surface area contributed by atoms with E-state index in [2.05, 4.69) is 13.0 Å². The van der Waals surface area contributed by atoms with Gasteiger partial charge in [-0.2, -0.15) is 0 Å². The molecular weight excluding hydrogens is 176 g/mol. The zero-order valence-corrected chi connectivity index (χ0v) is 9.29. The molecule has 0 saturated heterocycles. The van der Waals surface area contributed by atoms with Gasteiger partial charge in [-0.25, -0.2) is 0 Å². The smallest absolute Gasteiger partial charge is 0.122 e. The molecule has 0 bridgehead atoms. The molecule has 0 fully saturated rings. The highest BCUT2D eigenvalue weighted by Gasteiger charge is 2.09. The van der Waals surface area contributed by atoms with Gasteiger partial charge in [0.1, 0.15) is 5.75 Å². The lowest BCUT2D eigenvalue weighted by Gasteiger charge is -2.14. The van der Waals surface area contributed by atoms with Gasteiger partial charge in [0.2, 0.25) is 0 Å². The first-order valence-corrected chi connectivity index (χ1v) is 4.86. The Balaban J connectivity index is 3.16. The van der Waals surface area contributed by atoms with E-state index in [0.29, 0.717) is 0 Å². The molecule has 0 aliphatic heterocycles. The van der Waals surface area contributed by atoms with Crippen LogP contribution in [0.4, 0.5) is 0 Å². The number of aliphatic hydroxyl groups is 1. The van der Waals surface area contributed by atoms with Crippen LogP contribution in [-0.4, -0.2) is 18.8 Å². The molecule has 1 atom stereocenters. The molecule has 0 aliphatic carbocycles. The van der Waals surface area contributed by atoms with Gasteiger partial charge < -0.3 is 9.84 Å². The van der Waals surface area contributed by atoms with E-state index in [0.717, 1.165) is 11.3 Å². The van der Waals surface area contributed by atoms with E-state index >= 15 is 0 Å². The largest absolute Gasteiger partial charge is 0.496 e. The van der Waals surface area contributed by atoms with Crippen molar-refractivity contribution in [3.8, 4) is 5.75 Å². The minimum absolute atomic E-state index is 0.170. The van der Waals surface area contributed by atoms with Crippen molar-refractivity contribution >= 4 is 0 Å². The quantitative estimate of drug-likeness (QED) is 0.800. The fraction of sp³-hybridized carbons (Fsp3) is 0.500. The van der Waals surface area contributed by atoms with Crippen LogP contribution in [0.2, 0.25) is 0 Å². The van der Waals surface area contributed by atoms with E-state index in [1.165, 1.54) is 11.1 Å². The second-order valence-corrected chi connectivity index (χ2v) is 3.75. The first-order chi connectivity index (χ1) is 6.60. The SMILES string of the molecule is COc1cc(C(C)CO)cc(C)c1C. The van der Waals surface area contributed by atoms with E-state index in [4.69, 9.17) is 9.84 Å². The first kappa shape index (κ1) is 11.1. The predicted octanol–water partition coefficient (Wildman–Crippen LogP) is 2.41. The Morgan fingerprint density at radius 1 is 1.36 bits per heavy atom. The minimum Gasteiger partial charge on any atom is -0.496 e. The number of ether oxygens (including phenoxy) is 1. The summed E-state index contributed by atoms with van der Waals surface area (Å²) >= 11 is 0. The molecule has 0 aliphatic rings. The summed E-state index contributed by atoms with van der Waals surface area (Å²) in [5.74, 6) is 1.07. The fourth-order valence-electron chi connectivity index (χ4n) is 1.46. The van der Waals surface area contributed by atoms with Gasteiger partial charge in [-0.1, -0.05) is 13.0 Å². The summed E-state index contributed by atoms with van der Waals surface area (Å²) in [6.07, 6.45) is 0. The zero-order chi connectivity index (χ0) is 10.7. The summed E-state index contributed by atoms with van der Waals surface area (Å²) in [6.45, 7) is 6.28. The molecule has 0 aromatic heterocycles. The summed E-state index contributed by atoms with van der Waals surface area (Å²) in [7, 11) is 1.68. The Labute approximate surface area is 85.5 Å². The number of aliphatic hydroxyl groups excluding tert-OH is 1. The number of methoxy groups -OCH3 is 1. The van der Waals surface area contributed by atoms with E-state index in [1.807, 2.05) is 19.9 Å². The highest BCUT2D eigenvalue weighted by molar-refractivity contribution is 5.43. The zero-order valence-electron chi connectivity index (χ0n) is 9.29. The van der Waals surface area contributed by atoms with Gasteiger partial charge in [0.25, 0.3) is 0 Å². The van der Waals surface area contributed by atoms with Crippen LogP contribution in [0.1, 0.15) is 29.5 Å². The third-order valence-electron chi connectivity index (χ3n) is 2.70. The molecule has 0 saturated carbocycles. The van der Waals surface area contributed by atoms with Gasteiger partial charge in [0, 0.05) is 12.5 Å². The number of rotatable bonds is 3. The summed E-state index contributed by atoms with van der Waals surface area (Å²) in [4.78, 5) is 0. The van der Waals surface area contributed by atoms with E-state index in [1.54, 1.807) is 7.11 Å². The van der Waals surface area contributed by atoms with Gasteiger partial charge >= 0.3 is 0 Å². The average Bonchev–Trinajstić information content (AvgIpc) is 2.20. The van der Waals surface area contributed by atoms with Crippen molar-refractivity contribution in [1.29, 1.82) is 0 Å². The Hall–Kier alpha value is -1.02. The molecule has 1 N–H and O–H groups in total. The van der Waals surface area contributed by atoms with Crippen LogP contribution in [0.5, 0.6) is 5.75 Å². The van der Waals surface area contributed by atoms with Gasteiger partial charge in [-0.05, 0) is 36.6 Å². The van der Waals surface area contributed by atoms with Crippen molar-refractivity contribution in [1.82, 2.24) is 0 Å². The topological polar surface area (TPSA) is 29.5 Å². The molecule has 78 valence electrons. The second kappa shape index (κ2) is 4.47. The van der Waals surface area contributed by atoms with Crippen LogP contribution in [-0.2, 0) is 0 Å². The van der Waals surface area contributed by atoms with Crippen LogP contribution < -0.4 is 4.74 Å². The maximum Gasteiger partial charge on any atom is 0.122 e. The summed E-state index contributed by atoms with van der Waals surface area (Å²) in [6, 6.07) is 4.11. The Bertz CT molecular complexity index is 318. The van der Waals surface area contributed by atoms with Gasteiger partial charge in [-0.3, -0.25) is 0 Å². The second-order valence-electron chi connectivity index (χ2n) is 3.75. The number of hydrogen-bond acceptors (Lipinski definition) is 2. The lowest BCUT2D eigenvalue weighted by atomic mass is 9.97. The molecule has 0 heterocycles. The lowest BCUT2D eigenvalue weighted by Crippen LogP contribution is -2.01. The monoisotopic (exact) mass is 194 g/mol. The molecule has 14 heavy (non-hydrogen) atoms. The van der Waals surface area contributed by atoms with Crippen molar-refractivity contribution in [2.45, 2.75) is 26.7 Å². The molecule has 2 nitrogen and oxygen atoms in total. The first-order valence-electron chi connectivity index (χ1n) is 4.86. The summed E-state index contributed by atoms with van der Waals surface area (Å²) in [5, 5.41) is 9.07. The van der Waals surface area contributed by atoms with Gasteiger partial charge in [0.05, 0.1) is 7.11 Å². The molecule has 1 aromatic rings. The van der Waals surface area contributed by atoms with Crippen molar-refractivity contribution in [2.24, 2.45) is 0 Å². The highest BCUT2D eigenvalue weighted by atomic mass is 16.5. The third-order valence-corrected chi connectivity index (χ3v) is 2.70. The maximum atomic E-state index is 9.07. The molecule has 1 aromatic carbocycles. The van der Waals surface area contributed by atoms with E-state index < -0.39 is 0 Å². The van der Waals surface area contributed by atoms with Crippen molar-refractivity contribution in [3.05, 3.63) is 28.8 Å². The Kier molecular flexibility index (Phi) is 3.53. The van der Waals surface area contributed by atoms with Crippen LogP contribution >= 0.6 is 0 Å². The third kappa shape index (κ3) is 2.07. The number of hydrogen-bond donors (Lipinski definition) is 1.